The number of anilines is 2. The maximum Gasteiger partial charge on any atom is 0.255 e. The fourth-order valence-corrected chi connectivity index (χ4v) is 3.58. The van der Waals surface area contributed by atoms with Gasteiger partial charge in [0.15, 0.2) is 0 Å². The minimum atomic E-state index is -0.265. The maximum atomic E-state index is 12.7. The fraction of sp³-hybridized carbons (Fsp3) is 0.364. The zero-order chi connectivity index (χ0) is 20.8. The lowest BCUT2D eigenvalue weighted by Gasteiger charge is -2.26. The summed E-state index contributed by atoms with van der Waals surface area (Å²) in [5.41, 5.74) is 7.48. The number of rotatable bonds is 6. The first-order valence-corrected chi connectivity index (χ1v) is 9.70. The lowest BCUT2D eigenvalue weighted by molar-refractivity contribution is -0.120. The maximum absolute atomic E-state index is 12.7. The lowest BCUT2D eigenvalue weighted by Crippen LogP contribution is -2.34. The molecule has 7 nitrogen and oxygen atoms in total. The normalized spacial score (nSPS) is 18.6. The highest BCUT2D eigenvalue weighted by atomic mass is 16.5. The van der Waals surface area contributed by atoms with Crippen LogP contribution >= 0.6 is 0 Å². The molecule has 0 aliphatic heterocycles. The molecule has 154 valence electrons. The number of nitrogens with two attached hydrogens (primary N) is 1. The predicted molar refractivity (Wildman–Crippen MR) is 113 cm³/mol. The molecule has 0 radical (unpaired) electrons. The Bertz CT molecular complexity index is 870. The lowest BCUT2D eigenvalue weighted by atomic mass is 9.85. The highest BCUT2D eigenvalue weighted by Gasteiger charge is 2.26. The minimum absolute atomic E-state index is 0.0616. The van der Waals surface area contributed by atoms with Crippen LogP contribution in [-0.2, 0) is 4.79 Å². The number of nitrogens with one attached hydrogen (secondary N) is 2. The zero-order valence-corrected chi connectivity index (χ0v) is 16.7. The van der Waals surface area contributed by atoms with Crippen LogP contribution in [0.5, 0.6) is 11.5 Å². The van der Waals surface area contributed by atoms with Gasteiger partial charge in [-0.05, 0) is 31.4 Å². The molecule has 2 amide bonds. The highest BCUT2D eigenvalue weighted by molar-refractivity contribution is 6.05. The summed E-state index contributed by atoms with van der Waals surface area (Å²) in [7, 11) is 3.02. The molecule has 2 atom stereocenters. The first-order valence-electron chi connectivity index (χ1n) is 9.70. The monoisotopic (exact) mass is 397 g/mol. The molecule has 2 aromatic rings. The zero-order valence-electron chi connectivity index (χ0n) is 16.7. The predicted octanol–water partition coefficient (Wildman–Crippen LogP) is 3.41. The van der Waals surface area contributed by atoms with Crippen molar-refractivity contribution in [3.63, 3.8) is 0 Å². The van der Waals surface area contributed by atoms with Crippen molar-refractivity contribution in [3.8, 4) is 11.5 Å². The van der Waals surface area contributed by atoms with Gasteiger partial charge in [-0.1, -0.05) is 24.6 Å². The second-order valence-electron chi connectivity index (χ2n) is 7.19. The topological polar surface area (TPSA) is 103 Å². The van der Waals surface area contributed by atoms with E-state index in [1.54, 1.807) is 36.4 Å². The van der Waals surface area contributed by atoms with Crippen LogP contribution in [0, 0.1) is 5.92 Å². The molecule has 4 N–H and O–H groups in total. The van der Waals surface area contributed by atoms with Crippen LogP contribution in [0.15, 0.2) is 42.5 Å². The Hall–Kier alpha value is -3.06. The average molecular weight is 397 g/mol. The van der Waals surface area contributed by atoms with Crippen LogP contribution in [0.1, 0.15) is 36.0 Å². The van der Waals surface area contributed by atoms with Gasteiger partial charge in [-0.3, -0.25) is 9.59 Å². The van der Waals surface area contributed by atoms with Gasteiger partial charge in [-0.25, -0.2) is 0 Å². The van der Waals surface area contributed by atoms with Crippen molar-refractivity contribution in [3.05, 3.63) is 48.0 Å². The van der Waals surface area contributed by atoms with Crippen LogP contribution < -0.4 is 25.8 Å². The molecule has 0 heterocycles. The van der Waals surface area contributed by atoms with Crippen molar-refractivity contribution < 1.29 is 19.1 Å². The van der Waals surface area contributed by atoms with Gasteiger partial charge >= 0.3 is 0 Å². The van der Waals surface area contributed by atoms with E-state index in [9.17, 15) is 9.59 Å². The van der Waals surface area contributed by atoms with Gasteiger partial charge in [0.1, 0.15) is 11.5 Å². The van der Waals surface area contributed by atoms with Gasteiger partial charge in [-0.15, -0.1) is 0 Å². The standard InChI is InChI=1S/C22H27N3O4/c1-28-19-13-18(25-22(27)15-9-6-10-16(23)11-15)20(29-2)12-17(19)24-21(26)14-7-4-3-5-8-14/h3-5,7-8,12-13,15-16H,6,9-11,23H2,1-2H3,(H,24,26)(H,25,27). The molecule has 0 aromatic heterocycles. The molecule has 1 saturated carbocycles. The van der Waals surface area contributed by atoms with Gasteiger partial charge < -0.3 is 25.8 Å². The minimum Gasteiger partial charge on any atom is -0.494 e. The van der Waals surface area contributed by atoms with Crippen LogP contribution in [0.3, 0.4) is 0 Å². The molecule has 0 saturated heterocycles. The summed E-state index contributed by atoms with van der Waals surface area (Å²) < 4.78 is 10.9. The molecule has 29 heavy (non-hydrogen) atoms. The van der Waals surface area contributed by atoms with Gasteiger partial charge in [0.2, 0.25) is 5.91 Å². The summed E-state index contributed by atoms with van der Waals surface area (Å²) in [5, 5.41) is 5.76. The molecule has 7 heteroatoms. The number of methoxy groups -OCH3 is 2. The molecule has 1 aliphatic rings. The molecule has 2 unspecified atom stereocenters. The van der Waals surface area contributed by atoms with Gasteiger partial charge in [0.25, 0.3) is 5.91 Å². The van der Waals surface area contributed by atoms with Crippen molar-refractivity contribution in [2.75, 3.05) is 24.9 Å². The van der Waals surface area contributed by atoms with E-state index in [0.29, 0.717) is 34.9 Å². The summed E-state index contributed by atoms with van der Waals surface area (Å²) in [4.78, 5) is 25.2. The SMILES string of the molecule is COc1cc(NC(=O)C2CCCC(N)C2)c(OC)cc1NC(=O)c1ccccc1. The first kappa shape index (κ1) is 20.7. The van der Waals surface area contributed by atoms with Crippen LogP contribution in [0.4, 0.5) is 11.4 Å². The Labute approximate surface area is 170 Å². The molecular weight excluding hydrogens is 370 g/mol. The quantitative estimate of drug-likeness (QED) is 0.693. The molecule has 1 fully saturated rings. The van der Waals surface area contributed by atoms with Gasteiger partial charge in [0, 0.05) is 29.7 Å². The van der Waals surface area contributed by atoms with Crippen molar-refractivity contribution in [2.45, 2.75) is 31.7 Å². The summed E-state index contributed by atoms with van der Waals surface area (Å²) in [6, 6.07) is 12.2. The molecule has 0 bridgehead atoms. The summed E-state index contributed by atoms with van der Waals surface area (Å²) >= 11 is 0. The Morgan fingerprint density at radius 1 is 0.966 bits per heavy atom. The second-order valence-corrected chi connectivity index (χ2v) is 7.19. The number of benzene rings is 2. The van der Waals surface area contributed by atoms with E-state index in [2.05, 4.69) is 10.6 Å². The molecule has 0 spiro atoms. The molecular formula is C22H27N3O4. The van der Waals surface area contributed by atoms with Crippen molar-refractivity contribution in [2.24, 2.45) is 11.7 Å². The Morgan fingerprint density at radius 2 is 1.59 bits per heavy atom. The van der Waals surface area contributed by atoms with Gasteiger partial charge in [0.05, 0.1) is 25.6 Å². The van der Waals surface area contributed by atoms with E-state index < -0.39 is 0 Å². The average Bonchev–Trinajstić information content (AvgIpc) is 2.74. The Kier molecular flexibility index (Phi) is 6.72. The highest BCUT2D eigenvalue weighted by Crippen LogP contribution is 2.37. The summed E-state index contributed by atoms with van der Waals surface area (Å²) in [6.07, 6.45) is 3.40. The van der Waals surface area contributed by atoms with Gasteiger partial charge in [-0.2, -0.15) is 0 Å². The largest absolute Gasteiger partial charge is 0.494 e. The number of hydrogen-bond donors (Lipinski definition) is 3. The Balaban J connectivity index is 1.80. The Morgan fingerprint density at radius 3 is 2.17 bits per heavy atom. The number of ether oxygens (including phenoxy) is 2. The first-order chi connectivity index (χ1) is 14.0. The van der Waals surface area contributed by atoms with E-state index in [4.69, 9.17) is 15.2 Å². The fourth-order valence-electron chi connectivity index (χ4n) is 3.58. The van der Waals surface area contributed by atoms with Crippen LogP contribution in [-0.4, -0.2) is 32.1 Å². The van der Waals surface area contributed by atoms with Crippen LogP contribution in [0.2, 0.25) is 0 Å². The number of carbonyl (C=O) groups excluding carboxylic acids is 2. The summed E-state index contributed by atoms with van der Waals surface area (Å²) in [5.74, 6) is 0.390. The van der Waals surface area contributed by atoms with Crippen LogP contribution in [0.25, 0.3) is 0 Å². The van der Waals surface area contributed by atoms with Crippen molar-refractivity contribution in [1.82, 2.24) is 0 Å². The van der Waals surface area contributed by atoms with E-state index in [1.807, 2.05) is 6.07 Å². The molecule has 1 aliphatic carbocycles. The van der Waals surface area contributed by atoms with Crippen molar-refractivity contribution in [1.29, 1.82) is 0 Å². The van der Waals surface area contributed by atoms with E-state index in [-0.39, 0.29) is 23.8 Å². The third-order valence-corrected chi connectivity index (χ3v) is 5.15. The third-order valence-electron chi connectivity index (χ3n) is 5.15. The molecule has 2 aromatic carbocycles. The molecule has 3 rings (SSSR count). The number of amides is 2. The number of hydrogen-bond acceptors (Lipinski definition) is 5. The van der Waals surface area contributed by atoms with E-state index >= 15 is 0 Å². The van der Waals surface area contributed by atoms with E-state index in [0.717, 1.165) is 19.3 Å². The van der Waals surface area contributed by atoms with Crippen molar-refractivity contribution >= 4 is 23.2 Å². The smallest absolute Gasteiger partial charge is 0.255 e. The van der Waals surface area contributed by atoms with E-state index in [1.165, 1.54) is 14.2 Å². The number of carbonyl (C=O) groups is 2. The third kappa shape index (κ3) is 5.06. The summed E-state index contributed by atoms with van der Waals surface area (Å²) in [6.45, 7) is 0. The second kappa shape index (κ2) is 9.43.